The summed E-state index contributed by atoms with van der Waals surface area (Å²) in [6.45, 7) is 2.01. The number of halogens is 1. The van der Waals surface area contributed by atoms with Crippen molar-refractivity contribution in [3.05, 3.63) is 29.6 Å². The zero-order valence-corrected chi connectivity index (χ0v) is 7.85. The third-order valence-corrected chi connectivity index (χ3v) is 1.59. The Morgan fingerprint density at radius 2 is 2.45 bits per heavy atom. The minimum atomic E-state index is 0.717. The van der Waals surface area contributed by atoms with E-state index in [0.29, 0.717) is 0 Å². The molecule has 1 aromatic rings. The molecule has 0 unspecified atom stereocenters. The summed E-state index contributed by atoms with van der Waals surface area (Å²) >= 11 is 3.24. The molecule has 0 bridgehead atoms. The van der Waals surface area contributed by atoms with E-state index in [1.807, 2.05) is 19.2 Å². The van der Waals surface area contributed by atoms with Gasteiger partial charge in [-0.3, -0.25) is 4.98 Å². The van der Waals surface area contributed by atoms with Crippen LogP contribution in [0.2, 0.25) is 0 Å². The van der Waals surface area contributed by atoms with E-state index in [1.165, 1.54) is 0 Å². The summed E-state index contributed by atoms with van der Waals surface area (Å²) in [5.74, 6) is 5.97. The summed E-state index contributed by atoms with van der Waals surface area (Å²) < 4.78 is 0. The van der Waals surface area contributed by atoms with Gasteiger partial charge in [0.2, 0.25) is 0 Å². The van der Waals surface area contributed by atoms with Crippen molar-refractivity contribution in [2.24, 2.45) is 0 Å². The fourth-order valence-corrected chi connectivity index (χ4v) is 0.882. The molecule has 1 aromatic heterocycles. The Morgan fingerprint density at radius 1 is 1.64 bits per heavy atom. The van der Waals surface area contributed by atoms with Gasteiger partial charge in [0.1, 0.15) is 0 Å². The molecule has 0 saturated heterocycles. The smallest absolute Gasteiger partial charge is 0.0649 e. The zero-order chi connectivity index (χ0) is 8.10. The number of hydrogen-bond donors (Lipinski definition) is 0. The fraction of sp³-hybridized carbons (Fsp3) is 0.222. The van der Waals surface area contributed by atoms with Gasteiger partial charge in [-0.05, 0) is 18.6 Å². The molecule has 0 aromatic carbocycles. The summed E-state index contributed by atoms with van der Waals surface area (Å²) in [6, 6.07) is 1.92. The maximum absolute atomic E-state index is 3.97. The average molecular weight is 210 g/mol. The van der Waals surface area contributed by atoms with Gasteiger partial charge in [0.15, 0.2) is 0 Å². The predicted molar refractivity (Wildman–Crippen MR) is 49.6 cm³/mol. The molecule has 0 aliphatic carbocycles. The Morgan fingerprint density at radius 3 is 3.09 bits per heavy atom. The van der Waals surface area contributed by atoms with E-state index >= 15 is 0 Å². The van der Waals surface area contributed by atoms with Gasteiger partial charge in [0.05, 0.1) is 5.33 Å². The highest BCUT2D eigenvalue weighted by Crippen LogP contribution is 2.01. The first-order chi connectivity index (χ1) is 5.34. The molecule has 0 aliphatic rings. The van der Waals surface area contributed by atoms with Crippen LogP contribution in [0.3, 0.4) is 0 Å². The number of nitrogens with zero attached hydrogens (tertiary/aromatic N) is 1. The van der Waals surface area contributed by atoms with Crippen molar-refractivity contribution >= 4 is 15.9 Å². The lowest BCUT2D eigenvalue weighted by atomic mass is 10.2. The standard InChI is InChI=1S/C9H8BrN/c1-8-7-11-6-4-9(8)3-2-5-10/h4,6-7H,5H2,1H3. The van der Waals surface area contributed by atoms with E-state index in [9.17, 15) is 0 Å². The highest BCUT2D eigenvalue weighted by Gasteiger charge is 1.89. The van der Waals surface area contributed by atoms with E-state index in [2.05, 4.69) is 32.8 Å². The molecule has 1 nitrogen and oxygen atoms in total. The van der Waals surface area contributed by atoms with Crippen LogP contribution < -0.4 is 0 Å². The van der Waals surface area contributed by atoms with Crippen molar-refractivity contribution in [1.29, 1.82) is 0 Å². The molecule has 1 rings (SSSR count). The lowest BCUT2D eigenvalue weighted by Crippen LogP contribution is -1.82. The van der Waals surface area contributed by atoms with Crippen molar-refractivity contribution in [2.75, 3.05) is 5.33 Å². The van der Waals surface area contributed by atoms with Crippen molar-refractivity contribution in [2.45, 2.75) is 6.92 Å². The third-order valence-electron chi connectivity index (χ3n) is 1.31. The molecular weight excluding hydrogens is 202 g/mol. The second-order valence-corrected chi connectivity index (χ2v) is 2.69. The molecule has 0 atom stereocenters. The van der Waals surface area contributed by atoms with Crippen molar-refractivity contribution in [1.82, 2.24) is 4.98 Å². The van der Waals surface area contributed by atoms with Crippen molar-refractivity contribution < 1.29 is 0 Å². The van der Waals surface area contributed by atoms with E-state index in [-0.39, 0.29) is 0 Å². The normalized spacial score (nSPS) is 8.55. The summed E-state index contributed by atoms with van der Waals surface area (Å²) in [5, 5.41) is 0.717. The van der Waals surface area contributed by atoms with Crippen molar-refractivity contribution in [3.63, 3.8) is 0 Å². The Labute approximate surface area is 75.0 Å². The largest absolute Gasteiger partial charge is 0.264 e. The first kappa shape index (κ1) is 8.29. The van der Waals surface area contributed by atoms with Crippen LogP contribution in [0, 0.1) is 18.8 Å². The molecule has 1 heterocycles. The van der Waals surface area contributed by atoms with Crippen LogP contribution in [0.1, 0.15) is 11.1 Å². The molecule has 2 heteroatoms. The summed E-state index contributed by atoms with van der Waals surface area (Å²) in [7, 11) is 0. The third kappa shape index (κ3) is 2.36. The SMILES string of the molecule is Cc1cnccc1C#CCBr. The van der Waals surface area contributed by atoms with Crippen LogP contribution >= 0.6 is 15.9 Å². The Bertz CT molecular complexity index is 296. The molecule has 0 radical (unpaired) electrons. The van der Waals surface area contributed by atoms with Crippen LogP contribution in [0.5, 0.6) is 0 Å². The fourth-order valence-electron chi connectivity index (χ4n) is 0.742. The van der Waals surface area contributed by atoms with Crippen molar-refractivity contribution in [3.8, 4) is 11.8 Å². The van der Waals surface area contributed by atoms with Gasteiger partial charge < -0.3 is 0 Å². The zero-order valence-electron chi connectivity index (χ0n) is 6.26. The molecule has 11 heavy (non-hydrogen) atoms. The molecule has 0 spiro atoms. The minimum Gasteiger partial charge on any atom is -0.264 e. The molecule has 0 aliphatic heterocycles. The van der Waals surface area contributed by atoms with Crippen LogP contribution in [-0.4, -0.2) is 10.3 Å². The number of alkyl halides is 1. The van der Waals surface area contributed by atoms with Gasteiger partial charge in [0, 0.05) is 18.0 Å². The van der Waals surface area contributed by atoms with Gasteiger partial charge in [-0.2, -0.15) is 0 Å². The van der Waals surface area contributed by atoms with E-state index in [1.54, 1.807) is 6.20 Å². The van der Waals surface area contributed by atoms with Gasteiger partial charge in [-0.15, -0.1) is 0 Å². The van der Waals surface area contributed by atoms with E-state index in [0.717, 1.165) is 16.5 Å². The van der Waals surface area contributed by atoms with Gasteiger partial charge >= 0.3 is 0 Å². The Balaban J connectivity index is 2.95. The second kappa shape index (κ2) is 4.15. The molecular formula is C9H8BrN. The van der Waals surface area contributed by atoms with Gasteiger partial charge in [-0.25, -0.2) is 0 Å². The average Bonchev–Trinajstić information content (AvgIpc) is 2.03. The lowest BCUT2D eigenvalue weighted by molar-refractivity contribution is 1.25. The Kier molecular flexibility index (Phi) is 3.13. The summed E-state index contributed by atoms with van der Waals surface area (Å²) in [6.07, 6.45) is 3.57. The number of aryl methyl sites for hydroxylation is 1. The topological polar surface area (TPSA) is 12.9 Å². The molecule has 0 fully saturated rings. The maximum Gasteiger partial charge on any atom is 0.0649 e. The Hall–Kier alpha value is -0.810. The monoisotopic (exact) mass is 209 g/mol. The minimum absolute atomic E-state index is 0.717. The van der Waals surface area contributed by atoms with Crippen LogP contribution in [0.15, 0.2) is 18.5 Å². The molecule has 0 amide bonds. The van der Waals surface area contributed by atoms with Crippen LogP contribution in [0.25, 0.3) is 0 Å². The highest BCUT2D eigenvalue weighted by atomic mass is 79.9. The van der Waals surface area contributed by atoms with E-state index in [4.69, 9.17) is 0 Å². The molecule has 0 N–H and O–H groups in total. The first-order valence-corrected chi connectivity index (χ1v) is 4.42. The maximum atomic E-state index is 3.97. The van der Waals surface area contributed by atoms with Crippen LogP contribution in [0.4, 0.5) is 0 Å². The van der Waals surface area contributed by atoms with E-state index < -0.39 is 0 Å². The summed E-state index contributed by atoms with van der Waals surface area (Å²) in [5.41, 5.74) is 2.18. The highest BCUT2D eigenvalue weighted by molar-refractivity contribution is 9.09. The number of aromatic nitrogens is 1. The van der Waals surface area contributed by atoms with Crippen LogP contribution in [-0.2, 0) is 0 Å². The molecule has 56 valence electrons. The van der Waals surface area contributed by atoms with Gasteiger partial charge in [-0.1, -0.05) is 27.8 Å². The second-order valence-electron chi connectivity index (χ2n) is 2.13. The predicted octanol–water partition coefficient (Wildman–Crippen LogP) is 2.14. The number of hydrogen-bond acceptors (Lipinski definition) is 1. The van der Waals surface area contributed by atoms with Gasteiger partial charge in [0.25, 0.3) is 0 Å². The number of pyridine rings is 1. The quantitative estimate of drug-likeness (QED) is 0.472. The lowest BCUT2D eigenvalue weighted by Gasteiger charge is -1.93. The number of rotatable bonds is 0. The summed E-state index contributed by atoms with van der Waals surface area (Å²) in [4.78, 5) is 3.97. The molecule has 0 saturated carbocycles. The first-order valence-electron chi connectivity index (χ1n) is 3.30.